The van der Waals surface area contributed by atoms with E-state index in [-0.39, 0.29) is 16.3 Å². The second kappa shape index (κ2) is 8.92. The van der Waals surface area contributed by atoms with Crippen LogP contribution in [0.2, 0.25) is 5.02 Å². The third-order valence-electron chi connectivity index (χ3n) is 3.60. The molecular weight excluding hydrogens is 372 g/mol. The van der Waals surface area contributed by atoms with Crippen molar-refractivity contribution in [2.45, 2.75) is 13.0 Å². The van der Waals surface area contributed by atoms with Crippen molar-refractivity contribution in [1.29, 1.82) is 5.26 Å². The van der Waals surface area contributed by atoms with Gasteiger partial charge in [0.1, 0.15) is 0 Å². The van der Waals surface area contributed by atoms with E-state index in [1.54, 1.807) is 24.3 Å². The van der Waals surface area contributed by atoms with Gasteiger partial charge in [-0.2, -0.15) is 5.26 Å². The zero-order valence-corrected chi connectivity index (χ0v) is 15.7. The van der Waals surface area contributed by atoms with Crippen LogP contribution in [0.25, 0.3) is 0 Å². The molecule has 140 valence electrons. The predicted octanol–water partition coefficient (Wildman–Crippen LogP) is 3.41. The summed E-state index contributed by atoms with van der Waals surface area (Å²) in [6, 6.07) is 11.1. The number of amides is 1. The molecule has 1 atom stereocenters. The molecule has 0 saturated heterocycles. The number of carbonyl (C=O) groups excluding carboxylic acids is 2. The first-order valence-corrected chi connectivity index (χ1v) is 8.21. The molecule has 7 nitrogen and oxygen atoms in total. The minimum Gasteiger partial charge on any atom is -0.493 e. The van der Waals surface area contributed by atoms with Crippen LogP contribution < -0.4 is 14.8 Å². The Balaban J connectivity index is 2.07. The van der Waals surface area contributed by atoms with Crippen LogP contribution in [-0.4, -0.2) is 32.2 Å². The molecular formula is C19H17ClN2O5. The van der Waals surface area contributed by atoms with E-state index in [9.17, 15) is 9.59 Å². The molecule has 8 heteroatoms. The van der Waals surface area contributed by atoms with E-state index in [0.717, 1.165) is 0 Å². The molecule has 0 saturated carbocycles. The monoisotopic (exact) mass is 388 g/mol. The summed E-state index contributed by atoms with van der Waals surface area (Å²) >= 11 is 6.07. The molecule has 1 N–H and O–H groups in total. The Bertz CT molecular complexity index is 890. The van der Waals surface area contributed by atoms with Crippen LogP contribution in [0.15, 0.2) is 36.4 Å². The minimum atomic E-state index is -1.06. The highest BCUT2D eigenvalue weighted by atomic mass is 35.5. The van der Waals surface area contributed by atoms with E-state index < -0.39 is 18.0 Å². The molecule has 2 aromatic carbocycles. The Morgan fingerprint density at radius 2 is 1.81 bits per heavy atom. The summed E-state index contributed by atoms with van der Waals surface area (Å²) in [5.41, 5.74) is 1.07. The average Bonchev–Trinajstić information content (AvgIpc) is 2.67. The lowest BCUT2D eigenvalue weighted by Gasteiger charge is -2.15. The van der Waals surface area contributed by atoms with Crippen LogP contribution in [-0.2, 0) is 9.53 Å². The van der Waals surface area contributed by atoms with Crippen LogP contribution in [0.1, 0.15) is 22.8 Å². The molecule has 2 rings (SSSR count). The zero-order chi connectivity index (χ0) is 20.0. The number of benzene rings is 2. The molecule has 0 aromatic heterocycles. The standard InChI is InChI=1S/C19H17ClN2O5/c1-11(18(23)22-14-6-4-12(10-21)5-7-14)27-19(24)13-8-15(20)17(26-3)16(9-13)25-2/h4-9,11H,1-3H3,(H,22,23)/t11-/m0/s1. The van der Waals surface area contributed by atoms with Gasteiger partial charge in [0.05, 0.1) is 36.4 Å². The van der Waals surface area contributed by atoms with E-state index in [1.165, 1.54) is 33.3 Å². The molecule has 0 spiro atoms. The first-order valence-electron chi connectivity index (χ1n) is 7.83. The van der Waals surface area contributed by atoms with Gasteiger partial charge in [0.15, 0.2) is 17.6 Å². The van der Waals surface area contributed by atoms with Crippen molar-refractivity contribution >= 4 is 29.2 Å². The third kappa shape index (κ3) is 4.90. The van der Waals surface area contributed by atoms with Crippen molar-refractivity contribution in [1.82, 2.24) is 0 Å². The maximum absolute atomic E-state index is 12.3. The SMILES string of the molecule is COc1cc(C(=O)O[C@@H](C)C(=O)Nc2ccc(C#N)cc2)cc(Cl)c1OC. The van der Waals surface area contributed by atoms with E-state index in [1.807, 2.05) is 6.07 Å². The number of esters is 1. The topological polar surface area (TPSA) is 97.6 Å². The quantitative estimate of drug-likeness (QED) is 0.761. The number of ether oxygens (including phenoxy) is 3. The van der Waals surface area contributed by atoms with E-state index >= 15 is 0 Å². The number of rotatable bonds is 6. The van der Waals surface area contributed by atoms with Crippen molar-refractivity contribution in [3.05, 3.63) is 52.5 Å². The molecule has 0 heterocycles. The Labute approximate surface area is 161 Å². The first-order chi connectivity index (χ1) is 12.9. The number of nitriles is 1. The minimum absolute atomic E-state index is 0.121. The third-order valence-corrected chi connectivity index (χ3v) is 3.88. The van der Waals surface area contributed by atoms with Gasteiger partial charge in [-0.15, -0.1) is 0 Å². The lowest BCUT2D eigenvalue weighted by Crippen LogP contribution is -2.30. The lowest BCUT2D eigenvalue weighted by molar-refractivity contribution is -0.123. The van der Waals surface area contributed by atoms with Gasteiger partial charge in [-0.1, -0.05) is 11.6 Å². The fourth-order valence-electron chi connectivity index (χ4n) is 2.19. The maximum atomic E-state index is 12.3. The number of anilines is 1. The summed E-state index contributed by atoms with van der Waals surface area (Å²) < 4.78 is 15.4. The van der Waals surface area contributed by atoms with E-state index in [0.29, 0.717) is 17.0 Å². The summed E-state index contributed by atoms with van der Waals surface area (Å²) in [5, 5.41) is 11.6. The van der Waals surface area contributed by atoms with Crippen molar-refractivity contribution in [2.75, 3.05) is 19.5 Å². The number of halogens is 1. The van der Waals surface area contributed by atoms with E-state index in [2.05, 4.69) is 5.32 Å². The van der Waals surface area contributed by atoms with Gasteiger partial charge in [-0.25, -0.2) is 4.79 Å². The molecule has 0 aliphatic rings. The number of nitrogens with one attached hydrogen (secondary N) is 1. The van der Waals surface area contributed by atoms with Crippen LogP contribution >= 0.6 is 11.6 Å². The first kappa shape index (κ1) is 20.1. The molecule has 0 aliphatic heterocycles. The number of hydrogen-bond acceptors (Lipinski definition) is 6. The lowest BCUT2D eigenvalue weighted by atomic mass is 10.2. The fraction of sp³-hybridized carbons (Fsp3) is 0.211. The van der Waals surface area contributed by atoms with Crippen molar-refractivity contribution in [3.63, 3.8) is 0 Å². The molecule has 2 aromatic rings. The zero-order valence-electron chi connectivity index (χ0n) is 14.9. The number of nitrogens with zero attached hydrogens (tertiary/aromatic N) is 1. The van der Waals surface area contributed by atoms with Gasteiger partial charge in [-0.3, -0.25) is 4.79 Å². The second-order valence-electron chi connectivity index (χ2n) is 5.42. The van der Waals surface area contributed by atoms with Crippen LogP contribution in [0.5, 0.6) is 11.5 Å². The molecule has 0 radical (unpaired) electrons. The fourth-order valence-corrected chi connectivity index (χ4v) is 2.48. The van der Waals surface area contributed by atoms with Crippen molar-refractivity contribution < 1.29 is 23.8 Å². The summed E-state index contributed by atoms with van der Waals surface area (Å²) in [6.07, 6.45) is -1.06. The smallest absolute Gasteiger partial charge is 0.339 e. The molecule has 0 aliphatic carbocycles. The molecule has 0 fully saturated rings. The average molecular weight is 389 g/mol. The van der Waals surface area contributed by atoms with Gasteiger partial charge < -0.3 is 19.5 Å². The summed E-state index contributed by atoms with van der Waals surface area (Å²) in [4.78, 5) is 24.5. The number of carbonyl (C=O) groups is 2. The van der Waals surface area contributed by atoms with Gasteiger partial charge in [0.25, 0.3) is 5.91 Å². The Kier molecular flexibility index (Phi) is 6.63. The summed E-state index contributed by atoms with van der Waals surface area (Å²) in [6.45, 7) is 1.44. The highest BCUT2D eigenvalue weighted by Crippen LogP contribution is 2.36. The normalized spacial score (nSPS) is 11.1. The molecule has 27 heavy (non-hydrogen) atoms. The summed E-state index contributed by atoms with van der Waals surface area (Å²) in [7, 11) is 2.84. The van der Waals surface area contributed by atoms with Crippen LogP contribution in [0, 0.1) is 11.3 Å². The maximum Gasteiger partial charge on any atom is 0.339 e. The predicted molar refractivity (Wildman–Crippen MR) is 99.2 cm³/mol. The van der Waals surface area contributed by atoms with Crippen LogP contribution in [0.3, 0.4) is 0 Å². The van der Waals surface area contributed by atoms with Gasteiger partial charge in [0, 0.05) is 5.69 Å². The molecule has 1 amide bonds. The molecule has 0 bridgehead atoms. The Morgan fingerprint density at radius 3 is 2.37 bits per heavy atom. The van der Waals surface area contributed by atoms with Gasteiger partial charge in [0.2, 0.25) is 0 Å². The second-order valence-corrected chi connectivity index (χ2v) is 5.83. The highest BCUT2D eigenvalue weighted by Gasteiger charge is 2.21. The number of methoxy groups -OCH3 is 2. The molecule has 0 unspecified atom stereocenters. The summed E-state index contributed by atoms with van der Waals surface area (Å²) in [5.74, 6) is -0.686. The van der Waals surface area contributed by atoms with Crippen molar-refractivity contribution in [2.24, 2.45) is 0 Å². The van der Waals surface area contributed by atoms with E-state index in [4.69, 9.17) is 31.1 Å². The Morgan fingerprint density at radius 1 is 1.15 bits per heavy atom. The van der Waals surface area contributed by atoms with Crippen molar-refractivity contribution in [3.8, 4) is 17.6 Å². The van der Waals surface area contributed by atoms with Gasteiger partial charge >= 0.3 is 5.97 Å². The van der Waals surface area contributed by atoms with Crippen LogP contribution in [0.4, 0.5) is 5.69 Å². The number of hydrogen-bond donors (Lipinski definition) is 1. The highest BCUT2D eigenvalue weighted by molar-refractivity contribution is 6.32. The largest absolute Gasteiger partial charge is 0.493 e. The van der Waals surface area contributed by atoms with Gasteiger partial charge in [-0.05, 0) is 43.3 Å². The Hall–Kier alpha value is -3.24.